The molecule has 2 aromatic carbocycles. The summed E-state index contributed by atoms with van der Waals surface area (Å²) < 4.78 is 45.0. The van der Waals surface area contributed by atoms with Crippen molar-refractivity contribution in [1.29, 1.82) is 0 Å². The fourth-order valence-electron chi connectivity index (χ4n) is 2.18. The van der Waals surface area contributed by atoms with Gasteiger partial charge in [0, 0.05) is 12.0 Å². The van der Waals surface area contributed by atoms with Crippen molar-refractivity contribution in [2.24, 2.45) is 0 Å². The molecule has 0 aromatic heterocycles. The van der Waals surface area contributed by atoms with E-state index in [-0.39, 0.29) is 12.0 Å². The van der Waals surface area contributed by atoms with Crippen molar-refractivity contribution in [3.05, 3.63) is 65.0 Å². The second kappa shape index (κ2) is 5.77. The lowest BCUT2D eigenvalue weighted by atomic mass is 9.88. The Balaban J connectivity index is 2.31. The molecule has 5 heteroatoms. The summed E-state index contributed by atoms with van der Waals surface area (Å²) in [5.41, 5.74) is -1.23. The highest BCUT2D eigenvalue weighted by Crippen LogP contribution is 2.30. The number of hydrogen-bond acceptors (Lipinski definition) is 2. The van der Waals surface area contributed by atoms with E-state index in [1.165, 1.54) is 14.0 Å². The summed E-state index contributed by atoms with van der Waals surface area (Å²) in [4.78, 5) is 0. The van der Waals surface area contributed by atoms with Crippen LogP contribution in [0.5, 0.6) is 5.75 Å². The average molecular weight is 296 g/mol. The number of ether oxygens (including phenoxy) is 1. The standard InChI is InChI=1S/C16H15F3O2/c1-16(20,9-10-3-5-11(21-2)6-4-10)12-7-8-13(17)15(19)14(12)18/h3-8,20H,9H2,1-2H3. The molecule has 1 N–H and O–H groups in total. The molecule has 0 aliphatic rings. The van der Waals surface area contributed by atoms with Crippen LogP contribution in [0.25, 0.3) is 0 Å². The van der Waals surface area contributed by atoms with Crippen LogP contribution in [0.3, 0.4) is 0 Å². The summed E-state index contributed by atoms with van der Waals surface area (Å²) >= 11 is 0. The predicted octanol–water partition coefficient (Wildman–Crippen LogP) is 3.56. The lowest BCUT2D eigenvalue weighted by Gasteiger charge is -2.24. The van der Waals surface area contributed by atoms with Gasteiger partial charge in [-0.1, -0.05) is 18.2 Å². The molecule has 0 aliphatic heterocycles. The Morgan fingerprint density at radius 2 is 1.62 bits per heavy atom. The Morgan fingerprint density at radius 3 is 2.19 bits per heavy atom. The fraction of sp³-hybridized carbons (Fsp3) is 0.250. The van der Waals surface area contributed by atoms with Crippen molar-refractivity contribution < 1.29 is 23.0 Å². The third-order valence-electron chi connectivity index (χ3n) is 3.32. The maximum atomic E-state index is 13.8. The van der Waals surface area contributed by atoms with Gasteiger partial charge in [0.05, 0.1) is 12.7 Å². The van der Waals surface area contributed by atoms with E-state index < -0.39 is 23.1 Å². The molecule has 2 rings (SSSR count). The Bertz CT molecular complexity index is 637. The van der Waals surface area contributed by atoms with Crippen LogP contribution in [0, 0.1) is 17.5 Å². The second-order valence-corrected chi connectivity index (χ2v) is 5.02. The predicted molar refractivity (Wildman–Crippen MR) is 72.6 cm³/mol. The molecule has 0 amide bonds. The van der Waals surface area contributed by atoms with Gasteiger partial charge in [-0.2, -0.15) is 0 Å². The van der Waals surface area contributed by atoms with Gasteiger partial charge in [0.2, 0.25) is 0 Å². The van der Waals surface area contributed by atoms with Gasteiger partial charge >= 0.3 is 0 Å². The Hall–Kier alpha value is -2.01. The van der Waals surface area contributed by atoms with E-state index in [1.54, 1.807) is 24.3 Å². The van der Waals surface area contributed by atoms with E-state index in [9.17, 15) is 18.3 Å². The maximum Gasteiger partial charge on any atom is 0.194 e. The van der Waals surface area contributed by atoms with Gasteiger partial charge < -0.3 is 9.84 Å². The van der Waals surface area contributed by atoms with Gasteiger partial charge in [-0.3, -0.25) is 0 Å². The van der Waals surface area contributed by atoms with E-state index in [4.69, 9.17) is 4.74 Å². The third kappa shape index (κ3) is 3.19. The molecule has 2 nitrogen and oxygen atoms in total. The van der Waals surface area contributed by atoms with Crippen LogP contribution in [0.4, 0.5) is 13.2 Å². The van der Waals surface area contributed by atoms with Crippen molar-refractivity contribution in [2.75, 3.05) is 7.11 Å². The first-order valence-corrected chi connectivity index (χ1v) is 6.34. The van der Waals surface area contributed by atoms with Crippen LogP contribution >= 0.6 is 0 Å². The maximum absolute atomic E-state index is 13.8. The van der Waals surface area contributed by atoms with Crippen molar-refractivity contribution in [3.63, 3.8) is 0 Å². The molecule has 0 aliphatic carbocycles. The number of hydrogen-bond donors (Lipinski definition) is 1. The number of methoxy groups -OCH3 is 1. The smallest absolute Gasteiger partial charge is 0.194 e. The normalized spacial score (nSPS) is 13.8. The molecule has 0 saturated carbocycles. The van der Waals surface area contributed by atoms with Crippen molar-refractivity contribution in [3.8, 4) is 5.75 Å². The highest BCUT2D eigenvalue weighted by atomic mass is 19.2. The van der Waals surface area contributed by atoms with Crippen molar-refractivity contribution in [2.45, 2.75) is 18.9 Å². The highest BCUT2D eigenvalue weighted by molar-refractivity contribution is 5.31. The van der Waals surface area contributed by atoms with Crippen LogP contribution in [0.15, 0.2) is 36.4 Å². The molecular formula is C16H15F3O2. The molecule has 1 atom stereocenters. The average Bonchev–Trinajstić information content (AvgIpc) is 2.45. The molecule has 0 bridgehead atoms. The van der Waals surface area contributed by atoms with Crippen LogP contribution in [0.2, 0.25) is 0 Å². The topological polar surface area (TPSA) is 29.5 Å². The second-order valence-electron chi connectivity index (χ2n) is 5.02. The van der Waals surface area contributed by atoms with E-state index in [0.717, 1.165) is 12.1 Å². The van der Waals surface area contributed by atoms with Gasteiger partial charge in [0.1, 0.15) is 5.75 Å². The summed E-state index contributed by atoms with van der Waals surface area (Å²) in [5, 5.41) is 10.4. The quantitative estimate of drug-likeness (QED) is 0.874. The van der Waals surface area contributed by atoms with Crippen molar-refractivity contribution >= 4 is 0 Å². The molecule has 0 radical (unpaired) electrons. The number of halogens is 3. The van der Waals surface area contributed by atoms with Gasteiger partial charge in [-0.05, 0) is 30.7 Å². The molecule has 0 heterocycles. The monoisotopic (exact) mass is 296 g/mol. The van der Waals surface area contributed by atoms with Crippen LogP contribution in [0.1, 0.15) is 18.1 Å². The molecular weight excluding hydrogens is 281 g/mol. The summed E-state index contributed by atoms with van der Waals surface area (Å²) in [6.07, 6.45) is 0.0546. The molecule has 0 spiro atoms. The first-order valence-electron chi connectivity index (χ1n) is 6.34. The SMILES string of the molecule is COc1ccc(CC(C)(O)c2ccc(F)c(F)c2F)cc1. The zero-order valence-electron chi connectivity index (χ0n) is 11.7. The highest BCUT2D eigenvalue weighted by Gasteiger charge is 2.29. The summed E-state index contributed by atoms with van der Waals surface area (Å²) in [6.45, 7) is 1.35. The van der Waals surface area contributed by atoms with E-state index >= 15 is 0 Å². The molecule has 0 saturated heterocycles. The molecule has 2 aromatic rings. The van der Waals surface area contributed by atoms with Crippen LogP contribution in [-0.4, -0.2) is 12.2 Å². The van der Waals surface area contributed by atoms with E-state index in [2.05, 4.69) is 0 Å². The first-order chi connectivity index (χ1) is 9.85. The van der Waals surface area contributed by atoms with Crippen molar-refractivity contribution in [1.82, 2.24) is 0 Å². The minimum Gasteiger partial charge on any atom is -0.497 e. The zero-order valence-corrected chi connectivity index (χ0v) is 11.7. The van der Waals surface area contributed by atoms with Gasteiger partial charge in [0.25, 0.3) is 0 Å². The van der Waals surface area contributed by atoms with Crippen LogP contribution < -0.4 is 4.74 Å². The molecule has 1 unspecified atom stereocenters. The first kappa shape index (κ1) is 15.4. The Kier molecular flexibility index (Phi) is 4.23. The van der Waals surface area contributed by atoms with Crippen LogP contribution in [-0.2, 0) is 12.0 Å². The lowest BCUT2D eigenvalue weighted by Crippen LogP contribution is -2.26. The minimum atomic E-state index is -1.66. The molecule has 21 heavy (non-hydrogen) atoms. The summed E-state index contributed by atoms with van der Waals surface area (Å²) in [5.74, 6) is -3.58. The van der Waals surface area contributed by atoms with E-state index in [0.29, 0.717) is 11.3 Å². The fourth-order valence-corrected chi connectivity index (χ4v) is 2.18. The van der Waals surface area contributed by atoms with E-state index in [1.807, 2.05) is 0 Å². The van der Waals surface area contributed by atoms with Gasteiger partial charge in [-0.15, -0.1) is 0 Å². The minimum absolute atomic E-state index is 0.0546. The van der Waals surface area contributed by atoms with Gasteiger partial charge in [0.15, 0.2) is 17.5 Å². The lowest BCUT2D eigenvalue weighted by molar-refractivity contribution is 0.0528. The molecule has 112 valence electrons. The number of aliphatic hydroxyl groups is 1. The molecule has 0 fully saturated rings. The summed E-state index contributed by atoms with van der Waals surface area (Å²) in [6, 6.07) is 8.68. The Morgan fingerprint density at radius 1 is 1.00 bits per heavy atom. The van der Waals surface area contributed by atoms with Gasteiger partial charge in [-0.25, -0.2) is 13.2 Å². The zero-order chi connectivity index (χ0) is 15.6. The number of rotatable bonds is 4. The third-order valence-corrected chi connectivity index (χ3v) is 3.32. The Labute approximate surface area is 120 Å². The largest absolute Gasteiger partial charge is 0.497 e. The number of benzene rings is 2. The summed E-state index contributed by atoms with van der Waals surface area (Å²) in [7, 11) is 1.53.